The van der Waals surface area contributed by atoms with Crippen LogP contribution in [-0.4, -0.2) is 18.3 Å². The van der Waals surface area contributed by atoms with Gasteiger partial charge in [-0.15, -0.1) is 0 Å². The first kappa shape index (κ1) is 30.8. The molecular formula is C46H40N8+4. The third-order valence-corrected chi connectivity index (χ3v) is 11.3. The quantitative estimate of drug-likeness (QED) is 0.134. The summed E-state index contributed by atoms with van der Waals surface area (Å²) in [5.41, 5.74) is 5.40. The first-order chi connectivity index (χ1) is 26.7. The lowest BCUT2D eigenvalue weighted by Gasteiger charge is -2.15. The lowest BCUT2D eigenvalue weighted by atomic mass is 9.91. The minimum atomic E-state index is 0.731. The van der Waals surface area contributed by atoms with E-state index in [1.165, 1.54) is 65.3 Å². The Morgan fingerprint density at radius 2 is 0.500 bits per heavy atom. The van der Waals surface area contributed by atoms with Gasteiger partial charge in [0.15, 0.2) is 0 Å². The van der Waals surface area contributed by atoms with Crippen molar-refractivity contribution in [2.24, 2.45) is 0 Å². The van der Waals surface area contributed by atoms with E-state index in [9.17, 15) is 0 Å². The average molecular weight is 705 g/mol. The summed E-state index contributed by atoms with van der Waals surface area (Å²) < 4.78 is 18.3. The van der Waals surface area contributed by atoms with Crippen LogP contribution >= 0.6 is 0 Å². The summed E-state index contributed by atoms with van der Waals surface area (Å²) in [5.74, 6) is 0. The molecule has 0 unspecified atom stereocenters. The number of hydrogen-bond acceptors (Lipinski definition) is 0. The summed E-state index contributed by atoms with van der Waals surface area (Å²) in [4.78, 5) is 0. The highest BCUT2D eigenvalue weighted by atomic mass is 15.2. The second-order valence-electron chi connectivity index (χ2n) is 14.8. The number of fused-ring (bicyclic) bond motifs is 1. The van der Waals surface area contributed by atoms with Gasteiger partial charge in [-0.3, -0.25) is 0 Å². The van der Waals surface area contributed by atoms with E-state index in [1.807, 2.05) is 0 Å². The molecule has 260 valence electrons. The van der Waals surface area contributed by atoms with Crippen molar-refractivity contribution in [3.05, 3.63) is 194 Å². The zero-order valence-electron chi connectivity index (χ0n) is 30.0. The fourth-order valence-electron chi connectivity index (χ4n) is 8.87. The predicted octanol–water partition coefficient (Wildman–Crippen LogP) is 6.17. The van der Waals surface area contributed by atoms with Crippen molar-refractivity contribution in [2.45, 2.75) is 39.5 Å². The van der Waals surface area contributed by atoms with Crippen molar-refractivity contribution >= 4 is 43.1 Å². The Morgan fingerprint density at radius 1 is 0.296 bits per heavy atom. The molecule has 0 spiro atoms. The van der Waals surface area contributed by atoms with Gasteiger partial charge in [0.05, 0.1) is 0 Å². The van der Waals surface area contributed by atoms with Gasteiger partial charge in [-0.05, 0) is 43.1 Å². The van der Waals surface area contributed by atoms with Gasteiger partial charge in [-0.25, -0.2) is 18.3 Å². The van der Waals surface area contributed by atoms with E-state index in [0.29, 0.717) is 0 Å². The van der Waals surface area contributed by atoms with Crippen molar-refractivity contribution in [1.82, 2.24) is 18.3 Å². The van der Waals surface area contributed by atoms with Crippen LogP contribution in [0.3, 0.4) is 0 Å². The molecule has 0 radical (unpaired) electrons. The molecule has 6 aromatic carbocycles. The smallest absolute Gasteiger partial charge is 0.232 e. The minimum Gasteiger partial charge on any atom is -0.232 e. The molecule has 54 heavy (non-hydrogen) atoms. The molecule has 0 fully saturated rings. The van der Waals surface area contributed by atoms with E-state index < -0.39 is 0 Å². The largest absolute Gasteiger partial charge is 0.247 e. The molecule has 12 rings (SSSR count). The molecule has 0 saturated carbocycles. The molecule has 2 aliphatic heterocycles. The highest BCUT2D eigenvalue weighted by Crippen LogP contribution is 2.35. The van der Waals surface area contributed by atoms with Gasteiger partial charge < -0.3 is 0 Å². The molecule has 4 aromatic heterocycles. The Hall–Kier alpha value is -6.80. The summed E-state index contributed by atoms with van der Waals surface area (Å²) in [7, 11) is 0. The highest BCUT2D eigenvalue weighted by Gasteiger charge is 2.21. The molecule has 0 N–H and O–H groups in total. The molecule has 8 nitrogen and oxygen atoms in total. The Labute approximate surface area is 312 Å². The van der Waals surface area contributed by atoms with Gasteiger partial charge in [-0.2, -0.15) is 18.3 Å². The third-order valence-electron chi connectivity index (χ3n) is 11.3. The Bertz CT molecular complexity index is 2510. The lowest BCUT2D eigenvalue weighted by molar-refractivity contribution is -0.912. The van der Waals surface area contributed by atoms with E-state index in [1.54, 1.807) is 0 Å². The van der Waals surface area contributed by atoms with Crippen LogP contribution in [0.4, 0.5) is 0 Å². The van der Waals surface area contributed by atoms with Crippen LogP contribution in [0.25, 0.3) is 43.1 Å². The lowest BCUT2D eigenvalue weighted by Crippen LogP contribution is -2.49. The molecular weight excluding hydrogens is 665 g/mol. The summed E-state index contributed by atoms with van der Waals surface area (Å²) in [6.45, 7) is 4.61. The first-order valence-electron chi connectivity index (χ1n) is 18.7. The SMILES string of the molecule is c1ccc2c3c4ccccc4c(c2c1)Cn1cc[n+](c1)C[n+]1ccn(c1)Cc1c2ccccc2c(c2ccccc12)Cn1cc[n+](c1)C[n+]1ccn(c1)C3. The molecule has 0 aliphatic carbocycles. The monoisotopic (exact) mass is 704 g/mol. The Morgan fingerprint density at radius 3 is 0.704 bits per heavy atom. The zero-order valence-corrected chi connectivity index (χ0v) is 30.0. The van der Waals surface area contributed by atoms with Crippen LogP contribution in [0.1, 0.15) is 22.3 Å². The van der Waals surface area contributed by atoms with Crippen LogP contribution in [0.2, 0.25) is 0 Å². The summed E-state index contributed by atoms with van der Waals surface area (Å²) >= 11 is 0. The molecule has 12 bridgehead atoms. The highest BCUT2D eigenvalue weighted by molar-refractivity contribution is 6.07. The standard InChI is InChI=1S/C46H40N8/c1-2-10-36-35(9-1)43-25-47-17-21-51(29-47)33-53-23-19-49(31-53)27-45-39-13-5-7-15-41(39)46(42-16-8-6-14-40(42)45)28-50-20-24-54(32-50)34-52-22-18-48(30-52)26-44(36)38-12-4-3-11-37(38)43/h1-24,29-32H,25-28,33-34H2/q+4. The van der Waals surface area contributed by atoms with Crippen LogP contribution in [0, 0.1) is 0 Å². The molecule has 0 atom stereocenters. The van der Waals surface area contributed by atoms with Crippen molar-refractivity contribution in [2.75, 3.05) is 0 Å². The Kier molecular flexibility index (Phi) is 7.08. The van der Waals surface area contributed by atoms with Crippen LogP contribution in [0.15, 0.2) is 172 Å². The van der Waals surface area contributed by atoms with E-state index >= 15 is 0 Å². The molecule has 10 aromatic rings. The first-order valence-corrected chi connectivity index (χ1v) is 18.7. The predicted molar refractivity (Wildman–Crippen MR) is 209 cm³/mol. The number of imidazole rings is 4. The second kappa shape index (κ2) is 12.4. The maximum absolute atomic E-state index is 2.31. The maximum atomic E-state index is 2.31. The third kappa shape index (κ3) is 5.29. The number of hydrogen-bond donors (Lipinski definition) is 0. The van der Waals surface area contributed by atoms with Gasteiger partial charge >= 0.3 is 0 Å². The minimum absolute atomic E-state index is 0.731. The van der Waals surface area contributed by atoms with Crippen LogP contribution in [0.5, 0.6) is 0 Å². The molecule has 2 aliphatic rings. The van der Waals surface area contributed by atoms with Gasteiger partial charge in [-0.1, -0.05) is 97.1 Å². The summed E-state index contributed by atoms with van der Waals surface area (Å²) in [6.07, 6.45) is 26.5. The van der Waals surface area contributed by atoms with E-state index in [-0.39, 0.29) is 0 Å². The van der Waals surface area contributed by atoms with Crippen molar-refractivity contribution in [3.8, 4) is 0 Å². The number of aromatic nitrogens is 8. The number of benzene rings is 6. The van der Waals surface area contributed by atoms with Gasteiger partial charge in [0.1, 0.15) is 75.8 Å². The molecule has 6 heterocycles. The Balaban J connectivity index is 1.06. The van der Waals surface area contributed by atoms with E-state index in [4.69, 9.17) is 0 Å². The van der Waals surface area contributed by atoms with Crippen LogP contribution < -0.4 is 18.3 Å². The van der Waals surface area contributed by atoms with Crippen molar-refractivity contribution < 1.29 is 18.3 Å². The summed E-state index contributed by atoms with van der Waals surface area (Å²) in [6, 6.07) is 35.7. The molecule has 0 saturated heterocycles. The van der Waals surface area contributed by atoms with Crippen LogP contribution in [-0.2, 0) is 39.5 Å². The fraction of sp³-hybridized carbons (Fsp3) is 0.130. The number of rotatable bonds is 0. The van der Waals surface area contributed by atoms with Gasteiger partial charge in [0, 0.05) is 22.3 Å². The second-order valence-corrected chi connectivity index (χ2v) is 14.8. The van der Waals surface area contributed by atoms with Crippen molar-refractivity contribution in [3.63, 3.8) is 0 Å². The number of nitrogens with zero attached hydrogens (tertiary/aromatic N) is 8. The average Bonchev–Trinajstić information content (AvgIpc) is 4.04. The fourth-order valence-corrected chi connectivity index (χ4v) is 8.87. The maximum Gasteiger partial charge on any atom is 0.247 e. The zero-order chi connectivity index (χ0) is 35.6. The van der Waals surface area contributed by atoms with Gasteiger partial charge in [0.2, 0.25) is 38.6 Å². The molecule has 0 amide bonds. The molecule has 8 heteroatoms. The van der Waals surface area contributed by atoms with E-state index in [2.05, 4.69) is 208 Å². The van der Waals surface area contributed by atoms with Crippen molar-refractivity contribution in [1.29, 1.82) is 0 Å². The normalized spacial score (nSPS) is 13.5. The topological polar surface area (TPSA) is 35.2 Å². The summed E-state index contributed by atoms with van der Waals surface area (Å²) in [5, 5.41) is 10.5. The van der Waals surface area contributed by atoms with E-state index in [0.717, 1.165) is 39.5 Å². The van der Waals surface area contributed by atoms with Gasteiger partial charge in [0.25, 0.3) is 0 Å².